The van der Waals surface area contributed by atoms with Crippen molar-refractivity contribution in [1.29, 1.82) is 0 Å². The topological polar surface area (TPSA) is 42.0 Å². The van der Waals surface area contributed by atoms with Gasteiger partial charge in [-0.1, -0.05) is 26.0 Å². The summed E-state index contributed by atoms with van der Waals surface area (Å²) in [5.41, 5.74) is 3.52. The molecule has 28 heavy (non-hydrogen) atoms. The predicted molar refractivity (Wildman–Crippen MR) is 112 cm³/mol. The average molecular weight is 379 g/mol. The Kier molecular flexibility index (Phi) is 4.41. The van der Waals surface area contributed by atoms with Gasteiger partial charge in [-0.15, -0.1) is 0 Å². The summed E-state index contributed by atoms with van der Waals surface area (Å²) in [5, 5.41) is 3.12. The van der Waals surface area contributed by atoms with Gasteiger partial charge >= 0.3 is 0 Å². The van der Waals surface area contributed by atoms with Crippen LogP contribution in [0.5, 0.6) is 0 Å². The first-order valence-corrected chi connectivity index (χ1v) is 11.4. The summed E-state index contributed by atoms with van der Waals surface area (Å²) in [6.45, 7) is 5.95. The molecule has 3 aliphatic carbocycles. The molecule has 1 aromatic rings. The highest BCUT2D eigenvalue weighted by Crippen LogP contribution is 2.66. The number of aromatic nitrogens is 1. The number of nitrogens with zero attached hydrogens (tertiary/aromatic N) is 1. The normalized spacial score (nSPS) is 42.9. The van der Waals surface area contributed by atoms with Gasteiger partial charge in [-0.05, 0) is 96.7 Å². The molecule has 6 unspecified atom stereocenters. The summed E-state index contributed by atoms with van der Waals surface area (Å²) >= 11 is 0. The zero-order valence-electron chi connectivity index (χ0n) is 17.4. The molecular weight excluding hydrogens is 344 g/mol. The third-order valence-electron chi connectivity index (χ3n) is 9.32. The lowest BCUT2D eigenvalue weighted by molar-refractivity contribution is -0.127. The Balaban J connectivity index is 1.44. The molecule has 5 rings (SSSR count). The first kappa shape index (κ1) is 18.4. The van der Waals surface area contributed by atoms with Gasteiger partial charge in [0.15, 0.2) is 0 Å². The first-order valence-electron chi connectivity index (χ1n) is 11.4. The summed E-state index contributed by atoms with van der Waals surface area (Å²) in [7, 11) is 0. The van der Waals surface area contributed by atoms with Crippen molar-refractivity contribution >= 4 is 11.5 Å². The fourth-order valence-electron chi connectivity index (χ4n) is 7.79. The maximum absolute atomic E-state index is 12.1. The number of hydrogen-bond acceptors (Lipinski definition) is 2. The Morgan fingerprint density at radius 3 is 2.82 bits per heavy atom. The van der Waals surface area contributed by atoms with Crippen molar-refractivity contribution in [1.82, 2.24) is 10.3 Å². The number of amides is 1. The smallest absolute Gasteiger partial charge is 0.220 e. The molecule has 6 atom stereocenters. The molecule has 2 saturated carbocycles. The van der Waals surface area contributed by atoms with E-state index in [0.717, 1.165) is 43.1 Å². The monoisotopic (exact) mass is 378 g/mol. The van der Waals surface area contributed by atoms with E-state index in [4.69, 9.17) is 0 Å². The van der Waals surface area contributed by atoms with Gasteiger partial charge in [0.05, 0.1) is 0 Å². The molecule has 1 aromatic heterocycles. The van der Waals surface area contributed by atoms with E-state index in [1.165, 1.54) is 44.1 Å². The van der Waals surface area contributed by atoms with Gasteiger partial charge < -0.3 is 5.32 Å². The van der Waals surface area contributed by atoms with Gasteiger partial charge in [0.25, 0.3) is 0 Å². The van der Waals surface area contributed by atoms with Crippen molar-refractivity contribution in [3.05, 3.63) is 36.2 Å². The summed E-state index contributed by atoms with van der Waals surface area (Å²) in [6.07, 6.45) is 16.0. The second-order valence-corrected chi connectivity index (χ2v) is 10.3. The zero-order chi connectivity index (χ0) is 19.4. The van der Waals surface area contributed by atoms with Gasteiger partial charge in [-0.3, -0.25) is 9.78 Å². The van der Waals surface area contributed by atoms with E-state index in [9.17, 15) is 4.79 Å². The Hall–Kier alpha value is -1.64. The minimum Gasteiger partial charge on any atom is -0.356 e. The summed E-state index contributed by atoms with van der Waals surface area (Å²) < 4.78 is 0. The second-order valence-electron chi connectivity index (χ2n) is 10.3. The van der Waals surface area contributed by atoms with Gasteiger partial charge in [0.1, 0.15) is 0 Å². The lowest BCUT2D eigenvalue weighted by Crippen LogP contribution is -2.52. The van der Waals surface area contributed by atoms with Crippen LogP contribution in [0.1, 0.15) is 70.8 Å². The predicted octanol–water partition coefficient (Wildman–Crippen LogP) is 5.23. The fraction of sp³-hybridized carbons (Fsp3) is 0.680. The molecule has 0 aromatic carbocycles. The Morgan fingerprint density at radius 2 is 2.00 bits per heavy atom. The molecule has 1 aliphatic heterocycles. The summed E-state index contributed by atoms with van der Waals surface area (Å²) in [4.78, 5) is 16.5. The maximum Gasteiger partial charge on any atom is 0.220 e. The Labute approximate surface area is 169 Å². The molecular formula is C25H34N2O. The van der Waals surface area contributed by atoms with Crippen LogP contribution in [0.3, 0.4) is 0 Å². The van der Waals surface area contributed by atoms with Crippen molar-refractivity contribution in [2.24, 2.45) is 34.5 Å². The number of pyridine rings is 1. The van der Waals surface area contributed by atoms with Crippen molar-refractivity contribution in [2.45, 2.75) is 65.2 Å². The number of rotatable bonds is 1. The number of carbonyl (C=O) groups is 1. The largest absolute Gasteiger partial charge is 0.356 e. The van der Waals surface area contributed by atoms with E-state index in [-0.39, 0.29) is 5.91 Å². The van der Waals surface area contributed by atoms with Crippen molar-refractivity contribution < 1.29 is 4.79 Å². The summed E-state index contributed by atoms with van der Waals surface area (Å²) in [6, 6.07) is 4.31. The average Bonchev–Trinajstić information content (AvgIpc) is 3.05. The quantitative estimate of drug-likeness (QED) is 0.727. The van der Waals surface area contributed by atoms with E-state index >= 15 is 0 Å². The molecule has 3 nitrogen and oxygen atoms in total. The Bertz CT molecular complexity index is 787. The van der Waals surface area contributed by atoms with E-state index < -0.39 is 0 Å². The fourth-order valence-corrected chi connectivity index (χ4v) is 7.79. The summed E-state index contributed by atoms with van der Waals surface area (Å²) in [5.74, 6) is 3.41. The van der Waals surface area contributed by atoms with Crippen molar-refractivity contribution in [3.8, 4) is 0 Å². The highest BCUT2D eigenvalue weighted by atomic mass is 16.1. The SMILES string of the molecule is CC12CCC3C(CCC4CCNC(=O)CCC43C)C1CC=C2c1cccnc1. The van der Waals surface area contributed by atoms with E-state index in [1.54, 1.807) is 5.57 Å². The zero-order valence-corrected chi connectivity index (χ0v) is 17.4. The second kappa shape index (κ2) is 6.71. The Morgan fingerprint density at radius 1 is 1.11 bits per heavy atom. The van der Waals surface area contributed by atoms with Crippen LogP contribution in [0.15, 0.2) is 30.6 Å². The van der Waals surface area contributed by atoms with Gasteiger partial charge in [-0.25, -0.2) is 0 Å². The van der Waals surface area contributed by atoms with Gasteiger partial charge in [0.2, 0.25) is 5.91 Å². The van der Waals surface area contributed by atoms with Crippen molar-refractivity contribution in [2.75, 3.05) is 6.54 Å². The van der Waals surface area contributed by atoms with Crippen LogP contribution in [0.4, 0.5) is 0 Å². The van der Waals surface area contributed by atoms with Crippen LogP contribution >= 0.6 is 0 Å². The molecule has 0 bridgehead atoms. The minimum absolute atomic E-state index is 0.267. The molecule has 150 valence electrons. The molecule has 4 aliphatic rings. The molecule has 3 heteroatoms. The highest BCUT2D eigenvalue weighted by molar-refractivity contribution is 5.76. The number of allylic oxidation sites excluding steroid dienone is 2. The molecule has 2 heterocycles. The third kappa shape index (κ3) is 2.69. The van der Waals surface area contributed by atoms with Crippen LogP contribution in [0.2, 0.25) is 0 Å². The molecule has 1 amide bonds. The van der Waals surface area contributed by atoms with Crippen LogP contribution in [0.25, 0.3) is 5.57 Å². The number of hydrogen-bond donors (Lipinski definition) is 1. The lowest BCUT2D eigenvalue weighted by atomic mass is 9.45. The maximum atomic E-state index is 12.1. The standard InChI is InChI=1S/C25H34N2O/c1-24-13-10-23(28)27-15-11-18(24)5-6-19-21-8-7-20(17-4-3-14-26-16-17)25(21,2)12-9-22(19)24/h3-4,7,14,16,18-19,21-22H,5-6,8-13,15H2,1-2H3,(H,27,28). The highest BCUT2D eigenvalue weighted by Gasteiger charge is 2.57. The third-order valence-corrected chi connectivity index (χ3v) is 9.32. The van der Waals surface area contributed by atoms with Crippen LogP contribution < -0.4 is 5.32 Å². The molecule has 0 radical (unpaired) electrons. The lowest BCUT2D eigenvalue weighted by Gasteiger charge is -2.59. The molecule has 0 spiro atoms. The van der Waals surface area contributed by atoms with Crippen LogP contribution in [0, 0.1) is 34.5 Å². The van der Waals surface area contributed by atoms with Crippen LogP contribution in [-0.2, 0) is 4.79 Å². The van der Waals surface area contributed by atoms with Crippen molar-refractivity contribution in [3.63, 3.8) is 0 Å². The molecule has 1 N–H and O–H groups in total. The molecule has 1 saturated heterocycles. The minimum atomic E-state index is 0.267. The van der Waals surface area contributed by atoms with Gasteiger partial charge in [0, 0.05) is 25.4 Å². The van der Waals surface area contributed by atoms with Crippen LogP contribution in [-0.4, -0.2) is 17.4 Å². The number of carbonyl (C=O) groups excluding carboxylic acids is 1. The molecule has 3 fully saturated rings. The van der Waals surface area contributed by atoms with E-state index in [0.29, 0.717) is 10.8 Å². The van der Waals surface area contributed by atoms with E-state index in [2.05, 4.69) is 48.6 Å². The number of fused-ring (bicyclic) bond motifs is 5. The van der Waals surface area contributed by atoms with E-state index in [1.807, 2.05) is 6.20 Å². The first-order chi connectivity index (χ1) is 13.5. The van der Waals surface area contributed by atoms with Gasteiger partial charge in [-0.2, -0.15) is 0 Å². The number of nitrogens with one attached hydrogen (secondary N) is 1.